The molecule has 3 nitrogen and oxygen atoms in total. The van der Waals surface area contributed by atoms with Crippen LogP contribution in [0.15, 0.2) is 10.5 Å². The Morgan fingerprint density at radius 3 is 2.69 bits per heavy atom. The molecule has 1 aromatic rings. The van der Waals surface area contributed by atoms with Gasteiger partial charge in [-0.1, -0.05) is 0 Å². The lowest BCUT2D eigenvalue weighted by Crippen LogP contribution is -2.24. The Labute approximate surface area is 77.1 Å². The lowest BCUT2D eigenvalue weighted by Gasteiger charge is -1.97. The molecule has 1 fully saturated rings. The van der Waals surface area contributed by atoms with Crippen molar-refractivity contribution in [3.8, 4) is 0 Å². The van der Waals surface area contributed by atoms with E-state index in [1.54, 1.807) is 6.07 Å². The summed E-state index contributed by atoms with van der Waals surface area (Å²) < 4.78 is 5.29. The van der Waals surface area contributed by atoms with Gasteiger partial charge in [-0.05, 0) is 38.3 Å². The largest absolute Gasteiger partial charge is 0.456 e. The maximum Gasteiger partial charge on any atom is 0.287 e. The molecule has 0 atom stereocenters. The molecule has 13 heavy (non-hydrogen) atoms. The molecule has 1 saturated carbocycles. The average molecular weight is 179 g/mol. The summed E-state index contributed by atoms with van der Waals surface area (Å²) in [5, 5.41) is 2.88. The maximum absolute atomic E-state index is 11.5. The first-order valence-corrected chi connectivity index (χ1v) is 4.54. The van der Waals surface area contributed by atoms with Crippen molar-refractivity contribution in [3.63, 3.8) is 0 Å². The van der Waals surface area contributed by atoms with Crippen molar-refractivity contribution in [1.29, 1.82) is 0 Å². The summed E-state index contributed by atoms with van der Waals surface area (Å²) in [5.41, 5.74) is 1.03. The molecule has 0 radical (unpaired) electrons. The monoisotopic (exact) mass is 179 g/mol. The lowest BCUT2D eigenvalue weighted by molar-refractivity contribution is 0.0922. The third-order valence-corrected chi connectivity index (χ3v) is 2.30. The van der Waals surface area contributed by atoms with Crippen LogP contribution in [0.4, 0.5) is 0 Å². The van der Waals surface area contributed by atoms with Crippen LogP contribution in [0.1, 0.15) is 34.7 Å². The van der Waals surface area contributed by atoms with E-state index in [2.05, 4.69) is 5.32 Å². The Kier molecular flexibility index (Phi) is 1.87. The second kappa shape index (κ2) is 2.91. The minimum Gasteiger partial charge on any atom is -0.456 e. The highest BCUT2D eigenvalue weighted by Crippen LogP contribution is 2.20. The van der Waals surface area contributed by atoms with E-state index in [1.165, 1.54) is 0 Å². The van der Waals surface area contributed by atoms with Crippen LogP contribution < -0.4 is 5.32 Å². The highest BCUT2D eigenvalue weighted by molar-refractivity contribution is 5.92. The van der Waals surface area contributed by atoms with E-state index in [0.29, 0.717) is 11.8 Å². The molecule has 1 aromatic heterocycles. The lowest BCUT2D eigenvalue weighted by atomic mass is 10.3. The summed E-state index contributed by atoms with van der Waals surface area (Å²) in [5.74, 6) is 1.17. The number of nitrogens with one attached hydrogen (secondary N) is 1. The van der Waals surface area contributed by atoms with Gasteiger partial charge in [0.15, 0.2) is 5.76 Å². The minimum absolute atomic E-state index is 0.0845. The zero-order valence-corrected chi connectivity index (χ0v) is 7.89. The first-order chi connectivity index (χ1) is 6.16. The van der Waals surface area contributed by atoms with Crippen LogP contribution in [0, 0.1) is 13.8 Å². The number of furan rings is 1. The molecule has 0 bridgehead atoms. The smallest absolute Gasteiger partial charge is 0.287 e. The standard InChI is InChI=1S/C10H13NO2/c1-6-5-9(13-7(6)2)10(12)11-8-3-4-8/h5,8H,3-4H2,1-2H3,(H,11,12). The Hall–Kier alpha value is -1.25. The number of hydrogen-bond acceptors (Lipinski definition) is 2. The minimum atomic E-state index is -0.0845. The van der Waals surface area contributed by atoms with Crippen molar-refractivity contribution in [1.82, 2.24) is 5.32 Å². The quantitative estimate of drug-likeness (QED) is 0.752. The van der Waals surface area contributed by atoms with Crippen LogP contribution in [0.2, 0.25) is 0 Å². The van der Waals surface area contributed by atoms with Crippen LogP contribution in [-0.4, -0.2) is 11.9 Å². The summed E-state index contributed by atoms with van der Waals surface area (Å²) >= 11 is 0. The molecule has 1 amide bonds. The second-order valence-electron chi connectivity index (χ2n) is 3.60. The van der Waals surface area contributed by atoms with Crippen molar-refractivity contribution in [2.45, 2.75) is 32.7 Å². The molecule has 1 heterocycles. The van der Waals surface area contributed by atoms with Gasteiger partial charge in [0.2, 0.25) is 0 Å². The molecule has 1 N–H and O–H groups in total. The van der Waals surface area contributed by atoms with E-state index < -0.39 is 0 Å². The second-order valence-corrected chi connectivity index (χ2v) is 3.60. The first kappa shape index (κ1) is 8.35. The SMILES string of the molecule is Cc1cc(C(=O)NC2CC2)oc1C. The topological polar surface area (TPSA) is 42.2 Å². The zero-order chi connectivity index (χ0) is 9.42. The van der Waals surface area contributed by atoms with E-state index in [1.807, 2.05) is 13.8 Å². The van der Waals surface area contributed by atoms with Crippen molar-refractivity contribution < 1.29 is 9.21 Å². The van der Waals surface area contributed by atoms with Crippen molar-refractivity contribution >= 4 is 5.91 Å². The fourth-order valence-corrected chi connectivity index (χ4v) is 1.17. The number of hydrogen-bond donors (Lipinski definition) is 1. The Morgan fingerprint density at radius 1 is 1.54 bits per heavy atom. The number of amides is 1. The van der Waals surface area contributed by atoms with Gasteiger partial charge >= 0.3 is 0 Å². The molecule has 0 spiro atoms. The predicted octanol–water partition coefficient (Wildman–Crippen LogP) is 1.79. The maximum atomic E-state index is 11.5. The number of carbonyl (C=O) groups excluding carboxylic acids is 1. The third kappa shape index (κ3) is 1.74. The van der Waals surface area contributed by atoms with Crippen LogP contribution in [0.5, 0.6) is 0 Å². The van der Waals surface area contributed by atoms with Crippen molar-refractivity contribution in [2.75, 3.05) is 0 Å². The van der Waals surface area contributed by atoms with E-state index in [4.69, 9.17) is 4.42 Å². The Bertz CT molecular complexity index is 317. The predicted molar refractivity (Wildman–Crippen MR) is 48.7 cm³/mol. The molecular formula is C10H13NO2. The fourth-order valence-electron chi connectivity index (χ4n) is 1.17. The van der Waals surface area contributed by atoms with Crippen molar-refractivity contribution in [3.05, 3.63) is 23.2 Å². The van der Waals surface area contributed by atoms with E-state index in [-0.39, 0.29) is 5.91 Å². The van der Waals surface area contributed by atoms with Crippen LogP contribution in [0.3, 0.4) is 0 Å². The van der Waals surface area contributed by atoms with Gasteiger partial charge < -0.3 is 9.73 Å². The summed E-state index contributed by atoms with van der Waals surface area (Å²) in [6, 6.07) is 2.17. The number of carbonyl (C=O) groups is 1. The molecule has 2 rings (SSSR count). The van der Waals surface area contributed by atoms with Gasteiger partial charge in [0, 0.05) is 6.04 Å². The molecule has 0 aliphatic heterocycles. The van der Waals surface area contributed by atoms with Gasteiger partial charge in [0.1, 0.15) is 5.76 Å². The first-order valence-electron chi connectivity index (χ1n) is 4.54. The van der Waals surface area contributed by atoms with Gasteiger partial charge in [0.05, 0.1) is 0 Å². The molecule has 3 heteroatoms. The van der Waals surface area contributed by atoms with Crippen molar-refractivity contribution in [2.24, 2.45) is 0 Å². The molecule has 0 unspecified atom stereocenters. The molecule has 1 aliphatic rings. The van der Waals surface area contributed by atoms with Gasteiger partial charge in [-0.25, -0.2) is 0 Å². The summed E-state index contributed by atoms with van der Waals surface area (Å²) in [6.45, 7) is 3.80. The van der Waals surface area contributed by atoms with Gasteiger partial charge in [0.25, 0.3) is 5.91 Å². The number of aryl methyl sites for hydroxylation is 2. The molecular weight excluding hydrogens is 166 g/mol. The fraction of sp³-hybridized carbons (Fsp3) is 0.500. The van der Waals surface area contributed by atoms with E-state index in [9.17, 15) is 4.79 Å². The zero-order valence-electron chi connectivity index (χ0n) is 7.89. The highest BCUT2D eigenvalue weighted by atomic mass is 16.3. The van der Waals surface area contributed by atoms with Gasteiger partial charge in [-0.2, -0.15) is 0 Å². The van der Waals surface area contributed by atoms with Crippen LogP contribution in [-0.2, 0) is 0 Å². The van der Waals surface area contributed by atoms with Gasteiger partial charge in [-0.15, -0.1) is 0 Å². The highest BCUT2D eigenvalue weighted by Gasteiger charge is 2.25. The normalized spacial score (nSPS) is 15.8. The molecule has 70 valence electrons. The molecule has 0 saturated heterocycles. The van der Waals surface area contributed by atoms with E-state index in [0.717, 1.165) is 24.2 Å². The molecule has 1 aliphatic carbocycles. The van der Waals surface area contributed by atoms with Gasteiger partial charge in [-0.3, -0.25) is 4.79 Å². The summed E-state index contributed by atoms with van der Waals surface area (Å²) in [6.07, 6.45) is 2.20. The number of rotatable bonds is 2. The van der Waals surface area contributed by atoms with Crippen LogP contribution in [0.25, 0.3) is 0 Å². The Morgan fingerprint density at radius 2 is 2.23 bits per heavy atom. The van der Waals surface area contributed by atoms with Crippen LogP contribution >= 0.6 is 0 Å². The molecule has 0 aromatic carbocycles. The summed E-state index contributed by atoms with van der Waals surface area (Å²) in [4.78, 5) is 11.5. The van der Waals surface area contributed by atoms with E-state index >= 15 is 0 Å². The third-order valence-electron chi connectivity index (χ3n) is 2.30. The average Bonchev–Trinajstić information content (AvgIpc) is 2.81. The summed E-state index contributed by atoms with van der Waals surface area (Å²) in [7, 11) is 0. The Balaban J connectivity index is 2.09.